The van der Waals surface area contributed by atoms with E-state index in [1.165, 1.54) is 0 Å². The maximum absolute atomic E-state index is 12.4. The zero-order valence-corrected chi connectivity index (χ0v) is 13.2. The lowest BCUT2D eigenvalue weighted by Gasteiger charge is -2.36. The van der Waals surface area contributed by atoms with Crippen molar-refractivity contribution in [3.05, 3.63) is 35.9 Å². The molecule has 1 aliphatic rings. The van der Waals surface area contributed by atoms with Crippen LogP contribution in [0.4, 0.5) is 0 Å². The van der Waals surface area contributed by atoms with Crippen molar-refractivity contribution in [3.63, 3.8) is 0 Å². The van der Waals surface area contributed by atoms with E-state index >= 15 is 0 Å². The third-order valence-electron chi connectivity index (χ3n) is 4.19. The predicted molar refractivity (Wildman–Crippen MR) is 87.1 cm³/mol. The van der Waals surface area contributed by atoms with E-state index in [9.17, 15) is 9.90 Å². The van der Waals surface area contributed by atoms with Gasteiger partial charge in [-0.05, 0) is 12.5 Å². The molecule has 2 rings (SSSR count). The number of hydrogen-bond donors (Lipinski definition) is 1. The van der Waals surface area contributed by atoms with Gasteiger partial charge in [-0.1, -0.05) is 30.3 Å². The molecule has 1 heterocycles. The fraction of sp³-hybridized carbons (Fsp3) is 0.500. The number of piperazine rings is 1. The number of rotatable bonds is 5. The van der Waals surface area contributed by atoms with Crippen LogP contribution >= 0.6 is 0 Å². The van der Waals surface area contributed by atoms with E-state index < -0.39 is 5.60 Å². The SMILES string of the molecule is C#CCCN1CCN(C(=O)CC(C)(O)c2ccccc2)CC1. The molecule has 4 heteroatoms. The fourth-order valence-corrected chi connectivity index (χ4v) is 2.75. The van der Waals surface area contributed by atoms with Crippen molar-refractivity contribution in [1.82, 2.24) is 9.80 Å². The smallest absolute Gasteiger partial charge is 0.225 e. The lowest BCUT2D eigenvalue weighted by molar-refractivity contribution is -0.138. The van der Waals surface area contributed by atoms with Gasteiger partial charge in [0.05, 0.1) is 12.0 Å². The second-order valence-electron chi connectivity index (χ2n) is 5.99. The van der Waals surface area contributed by atoms with Crippen molar-refractivity contribution in [2.75, 3.05) is 32.7 Å². The molecule has 0 aliphatic carbocycles. The van der Waals surface area contributed by atoms with Crippen LogP contribution in [0.25, 0.3) is 0 Å². The highest BCUT2D eigenvalue weighted by Gasteiger charge is 2.30. The van der Waals surface area contributed by atoms with Crippen LogP contribution in [0.15, 0.2) is 30.3 Å². The van der Waals surface area contributed by atoms with Gasteiger partial charge in [-0.15, -0.1) is 12.3 Å². The topological polar surface area (TPSA) is 43.8 Å². The van der Waals surface area contributed by atoms with Crippen LogP contribution in [-0.4, -0.2) is 53.5 Å². The highest BCUT2D eigenvalue weighted by Crippen LogP contribution is 2.25. The van der Waals surface area contributed by atoms with Crippen LogP contribution in [-0.2, 0) is 10.4 Å². The van der Waals surface area contributed by atoms with Crippen LogP contribution in [0.1, 0.15) is 25.3 Å². The van der Waals surface area contributed by atoms with Gasteiger partial charge < -0.3 is 10.0 Å². The summed E-state index contributed by atoms with van der Waals surface area (Å²) in [6.07, 6.45) is 6.14. The molecule has 0 bridgehead atoms. The lowest BCUT2D eigenvalue weighted by Crippen LogP contribution is -2.49. The summed E-state index contributed by atoms with van der Waals surface area (Å²) in [5, 5.41) is 10.6. The maximum atomic E-state index is 12.4. The van der Waals surface area contributed by atoms with E-state index in [2.05, 4.69) is 10.8 Å². The first-order valence-electron chi connectivity index (χ1n) is 7.74. The Kier molecular flexibility index (Phi) is 5.59. The Hall–Kier alpha value is -1.83. The van der Waals surface area contributed by atoms with Crippen LogP contribution in [0.3, 0.4) is 0 Å². The monoisotopic (exact) mass is 300 g/mol. The number of carbonyl (C=O) groups is 1. The van der Waals surface area contributed by atoms with Crippen molar-refractivity contribution in [2.24, 2.45) is 0 Å². The van der Waals surface area contributed by atoms with Crippen molar-refractivity contribution in [2.45, 2.75) is 25.4 Å². The number of carbonyl (C=O) groups excluding carboxylic acids is 1. The summed E-state index contributed by atoms with van der Waals surface area (Å²) < 4.78 is 0. The molecule has 0 radical (unpaired) electrons. The number of amides is 1. The Labute approximate surface area is 132 Å². The Morgan fingerprint density at radius 3 is 2.50 bits per heavy atom. The lowest BCUT2D eigenvalue weighted by atomic mass is 9.92. The van der Waals surface area contributed by atoms with Crippen molar-refractivity contribution < 1.29 is 9.90 Å². The zero-order chi connectivity index (χ0) is 16.0. The Balaban J connectivity index is 1.87. The number of hydrogen-bond acceptors (Lipinski definition) is 3. The highest BCUT2D eigenvalue weighted by molar-refractivity contribution is 5.77. The Morgan fingerprint density at radius 2 is 1.91 bits per heavy atom. The van der Waals surface area contributed by atoms with Crippen LogP contribution in [0.2, 0.25) is 0 Å². The molecule has 1 unspecified atom stereocenters. The molecule has 1 atom stereocenters. The van der Waals surface area contributed by atoms with Crippen LogP contribution in [0, 0.1) is 12.3 Å². The maximum Gasteiger partial charge on any atom is 0.225 e. The molecule has 0 aromatic heterocycles. The molecule has 22 heavy (non-hydrogen) atoms. The second-order valence-corrected chi connectivity index (χ2v) is 5.99. The van der Waals surface area contributed by atoms with E-state index in [0.29, 0.717) is 13.1 Å². The molecule has 4 nitrogen and oxygen atoms in total. The first-order chi connectivity index (χ1) is 10.5. The third-order valence-corrected chi connectivity index (χ3v) is 4.19. The summed E-state index contributed by atoms with van der Waals surface area (Å²) in [5.74, 6) is 2.65. The summed E-state index contributed by atoms with van der Waals surface area (Å²) in [4.78, 5) is 16.5. The summed E-state index contributed by atoms with van der Waals surface area (Å²) in [6.45, 7) is 5.69. The molecule has 1 N–H and O–H groups in total. The molecule has 1 amide bonds. The van der Waals surface area contributed by atoms with Gasteiger partial charge in [0.2, 0.25) is 5.91 Å². The molecular formula is C18H24N2O2. The second kappa shape index (κ2) is 7.44. The summed E-state index contributed by atoms with van der Waals surface area (Å²) in [7, 11) is 0. The minimum absolute atomic E-state index is 0.00505. The van der Waals surface area contributed by atoms with E-state index in [4.69, 9.17) is 6.42 Å². The molecule has 118 valence electrons. The number of aliphatic hydroxyl groups is 1. The first-order valence-corrected chi connectivity index (χ1v) is 7.74. The summed E-state index contributed by atoms with van der Waals surface area (Å²) in [5.41, 5.74) is -0.352. The summed E-state index contributed by atoms with van der Waals surface area (Å²) >= 11 is 0. The molecule has 1 saturated heterocycles. The average Bonchev–Trinajstić information content (AvgIpc) is 2.54. The first kappa shape index (κ1) is 16.5. The minimum Gasteiger partial charge on any atom is -0.385 e. The normalized spacial score (nSPS) is 18.5. The molecule has 1 aromatic rings. The molecule has 1 aromatic carbocycles. The van der Waals surface area contributed by atoms with E-state index in [0.717, 1.165) is 31.6 Å². The number of benzene rings is 1. The predicted octanol–water partition coefficient (Wildman–Crippen LogP) is 1.45. The Morgan fingerprint density at radius 1 is 1.27 bits per heavy atom. The van der Waals surface area contributed by atoms with Gasteiger partial charge in [-0.25, -0.2) is 0 Å². The van der Waals surface area contributed by atoms with Gasteiger partial charge >= 0.3 is 0 Å². The van der Waals surface area contributed by atoms with Crippen molar-refractivity contribution in [1.29, 1.82) is 0 Å². The van der Waals surface area contributed by atoms with E-state index in [1.54, 1.807) is 6.92 Å². The standard InChI is InChI=1S/C18H24N2O2/c1-3-4-10-19-11-13-20(14-12-19)17(21)15-18(2,22)16-8-6-5-7-9-16/h1,5-9,22H,4,10-15H2,2H3. The van der Waals surface area contributed by atoms with Crippen LogP contribution < -0.4 is 0 Å². The molecular weight excluding hydrogens is 276 g/mol. The van der Waals surface area contributed by atoms with Gasteiger partial charge in [-0.3, -0.25) is 9.69 Å². The van der Waals surface area contributed by atoms with E-state index in [-0.39, 0.29) is 12.3 Å². The van der Waals surface area contributed by atoms with Gasteiger partial charge in [0.15, 0.2) is 0 Å². The van der Waals surface area contributed by atoms with E-state index in [1.807, 2.05) is 35.2 Å². The fourth-order valence-electron chi connectivity index (χ4n) is 2.75. The number of nitrogens with zero attached hydrogens (tertiary/aromatic N) is 2. The zero-order valence-electron chi connectivity index (χ0n) is 13.2. The van der Waals surface area contributed by atoms with Gasteiger partial charge in [0.1, 0.15) is 0 Å². The van der Waals surface area contributed by atoms with Gasteiger partial charge in [0, 0.05) is 39.1 Å². The average molecular weight is 300 g/mol. The number of terminal acetylenes is 1. The quantitative estimate of drug-likeness (QED) is 0.837. The largest absolute Gasteiger partial charge is 0.385 e. The highest BCUT2D eigenvalue weighted by atomic mass is 16.3. The minimum atomic E-state index is -1.13. The third kappa shape index (κ3) is 4.33. The molecule has 0 saturated carbocycles. The Bertz CT molecular complexity index is 526. The van der Waals surface area contributed by atoms with Crippen LogP contribution in [0.5, 0.6) is 0 Å². The van der Waals surface area contributed by atoms with Crippen molar-refractivity contribution in [3.8, 4) is 12.3 Å². The van der Waals surface area contributed by atoms with Crippen molar-refractivity contribution >= 4 is 5.91 Å². The van der Waals surface area contributed by atoms with Gasteiger partial charge in [-0.2, -0.15) is 0 Å². The molecule has 0 spiro atoms. The molecule has 1 fully saturated rings. The van der Waals surface area contributed by atoms with Gasteiger partial charge in [0.25, 0.3) is 0 Å². The molecule has 1 aliphatic heterocycles. The summed E-state index contributed by atoms with van der Waals surface area (Å²) in [6, 6.07) is 9.35.